The lowest BCUT2D eigenvalue weighted by atomic mass is 9.82. The molecule has 33 heavy (non-hydrogen) atoms. The smallest absolute Gasteiger partial charge is 0.244 e. The zero-order valence-corrected chi connectivity index (χ0v) is 18.1. The normalized spacial score (nSPS) is 16.0. The number of aromatic amines is 1. The van der Waals surface area contributed by atoms with E-state index in [-0.39, 0.29) is 24.1 Å². The highest BCUT2D eigenvalue weighted by molar-refractivity contribution is 5.75. The Labute approximate surface area is 189 Å². The fourth-order valence-electron chi connectivity index (χ4n) is 4.16. The van der Waals surface area contributed by atoms with Crippen molar-refractivity contribution in [2.24, 2.45) is 5.73 Å². The Hall–Kier alpha value is -4.52. The molecule has 0 amide bonds. The number of methoxy groups -OCH3 is 3. The molecule has 2 aromatic carbocycles. The highest BCUT2D eigenvalue weighted by atomic mass is 16.7. The minimum absolute atomic E-state index is 0.0222. The summed E-state index contributed by atoms with van der Waals surface area (Å²) in [4.78, 5) is 0. The number of H-pyrrole nitrogens is 1. The van der Waals surface area contributed by atoms with Crippen LogP contribution in [-0.4, -0.2) is 38.3 Å². The fourth-order valence-corrected chi connectivity index (χ4v) is 4.16. The molecule has 3 heterocycles. The van der Waals surface area contributed by atoms with Gasteiger partial charge in [-0.2, -0.15) is 5.26 Å². The molecule has 0 saturated heterocycles. The van der Waals surface area contributed by atoms with E-state index >= 15 is 0 Å². The van der Waals surface area contributed by atoms with Crippen LogP contribution < -0.4 is 34.2 Å². The molecule has 0 aliphatic carbocycles. The lowest BCUT2D eigenvalue weighted by molar-refractivity contribution is 0.168. The quantitative estimate of drug-likeness (QED) is 0.604. The highest BCUT2D eigenvalue weighted by Gasteiger charge is 2.40. The van der Waals surface area contributed by atoms with E-state index in [0.717, 1.165) is 5.56 Å². The first-order chi connectivity index (χ1) is 16.1. The molecule has 0 fully saturated rings. The van der Waals surface area contributed by atoms with Crippen molar-refractivity contribution in [1.82, 2.24) is 10.2 Å². The summed E-state index contributed by atoms with van der Waals surface area (Å²) in [5.41, 5.74) is 8.98. The van der Waals surface area contributed by atoms with Crippen LogP contribution in [0.1, 0.15) is 17.0 Å². The largest absolute Gasteiger partial charge is 0.497 e. The van der Waals surface area contributed by atoms with Crippen LogP contribution in [0, 0.1) is 11.3 Å². The molecule has 0 spiro atoms. The van der Waals surface area contributed by atoms with E-state index in [2.05, 4.69) is 16.3 Å². The summed E-state index contributed by atoms with van der Waals surface area (Å²) in [6, 6.07) is 11.4. The fraction of sp³-hybridized carbons (Fsp3) is 0.217. The van der Waals surface area contributed by atoms with Crippen LogP contribution >= 0.6 is 0 Å². The van der Waals surface area contributed by atoms with Gasteiger partial charge in [0.25, 0.3) is 0 Å². The SMILES string of the molecule is COc1cccc(-c2[nH]nc3c2[C@@H](c2cc(OC)c4c(c2OC)OCO4)C(C#N)=C(N)O3)c1. The van der Waals surface area contributed by atoms with E-state index in [1.807, 2.05) is 24.3 Å². The Morgan fingerprint density at radius 3 is 2.67 bits per heavy atom. The van der Waals surface area contributed by atoms with Gasteiger partial charge in [-0.05, 0) is 18.2 Å². The zero-order chi connectivity index (χ0) is 23.1. The molecular formula is C23H20N4O6. The lowest BCUT2D eigenvalue weighted by Gasteiger charge is -2.26. The van der Waals surface area contributed by atoms with Gasteiger partial charge in [-0.1, -0.05) is 12.1 Å². The van der Waals surface area contributed by atoms with Crippen LogP contribution in [0.2, 0.25) is 0 Å². The number of allylic oxidation sites excluding steroid dienone is 1. The van der Waals surface area contributed by atoms with Crippen LogP contribution in [0.15, 0.2) is 41.8 Å². The number of nitriles is 1. The third-order valence-electron chi connectivity index (χ3n) is 5.62. The monoisotopic (exact) mass is 448 g/mol. The molecule has 2 aliphatic heterocycles. The van der Waals surface area contributed by atoms with Crippen molar-refractivity contribution in [3.8, 4) is 52.0 Å². The maximum absolute atomic E-state index is 10.0. The third-order valence-corrected chi connectivity index (χ3v) is 5.62. The van der Waals surface area contributed by atoms with Gasteiger partial charge in [0.1, 0.15) is 17.4 Å². The van der Waals surface area contributed by atoms with Crippen molar-refractivity contribution in [1.29, 1.82) is 5.26 Å². The van der Waals surface area contributed by atoms with E-state index in [1.165, 1.54) is 14.2 Å². The number of hydrogen-bond donors (Lipinski definition) is 2. The molecule has 0 radical (unpaired) electrons. The second kappa shape index (κ2) is 7.87. The van der Waals surface area contributed by atoms with Gasteiger partial charge in [0.15, 0.2) is 11.5 Å². The van der Waals surface area contributed by atoms with Crippen molar-refractivity contribution in [2.75, 3.05) is 28.1 Å². The molecule has 1 atom stereocenters. The topological polar surface area (TPSA) is 134 Å². The van der Waals surface area contributed by atoms with Crippen molar-refractivity contribution in [3.05, 3.63) is 52.9 Å². The number of nitrogens with zero attached hydrogens (tertiary/aromatic N) is 2. The molecule has 10 heteroatoms. The molecule has 0 bridgehead atoms. The van der Waals surface area contributed by atoms with Crippen molar-refractivity contribution in [2.45, 2.75) is 5.92 Å². The first kappa shape index (κ1) is 20.4. The van der Waals surface area contributed by atoms with Gasteiger partial charge >= 0.3 is 0 Å². The number of aromatic nitrogens is 2. The van der Waals surface area contributed by atoms with Crippen LogP contribution in [-0.2, 0) is 0 Å². The predicted molar refractivity (Wildman–Crippen MR) is 116 cm³/mol. The number of benzene rings is 2. The number of ether oxygens (including phenoxy) is 6. The van der Waals surface area contributed by atoms with E-state index in [4.69, 9.17) is 34.2 Å². The van der Waals surface area contributed by atoms with Gasteiger partial charge in [0, 0.05) is 11.1 Å². The average molecular weight is 448 g/mol. The molecule has 3 aromatic rings. The van der Waals surface area contributed by atoms with Gasteiger partial charge in [0.2, 0.25) is 30.1 Å². The first-order valence-electron chi connectivity index (χ1n) is 9.96. The molecule has 5 rings (SSSR count). The van der Waals surface area contributed by atoms with E-state index in [0.29, 0.717) is 45.6 Å². The Morgan fingerprint density at radius 2 is 1.94 bits per heavy atom. The second-order valence-electron chi connectivity index (χ2n) is 7.24. The maximum atomic E-state index is 10.0. The summed E-state index contributed by atoms with van der Waals surface area (Å²) >= 11 is 0. The Balaban J connectivity index is 1.79. The Kier molecular flexibility index (Phi) is 4.86. The van der Waals surface area contributed by atoms with E-state index < -0.39 is 5.92 Å². The lowest BCUT2D eigenvalue weighted by Crippen LogP contribution is -2.21. The van der Waals surface area contributed by atoms with Gasteiger partial charge in [-0.15, -0.1) is 5.10 Å². The summed E-state index contributed by atoms with van der Waals surface area (Å²) in [6.07, 6.45) is 0. The molecular weight excluding hydrogens is 428 g/mol. The van der Waals surface area contributed by atoms with E-state index in [1.54, 1.807) is 13.2 Å². The van der Waals surface area contributed by atoms with Gasteiger partial charge in [-0.25, -0.2) is 0 Å². The van der Waals surface area contributed by atoms with Crippen molar-refractivity contribution >= 4 is 0 Å². The van der Waals surface area contributed by atoms with Crippen LogP contribution in [0.25, 0.3) is 11.3 Å². The second-order valence-corrected chi connectivity index (χ2v) is 7.24. The number of hydrogen-bond acceptors (Lipinski definition) is 9. The van der Waals surface area contributed by atoms with Crippen LogP contribution in [0.3, 0.4) is 0 Å². The van der Waals surface area contributed by atoms with Crippen LogP contribution in [0.5, 0.6) is 34.6 Å². The summed E-state index contributed by atoms with van der Waals surface area (Å²) in [6.45, 7) is 0.0222. The minimum atomic E-state index is -0.683. The van der Waals surface area contributed by atoms with Gasteiger partial charge < -0.3 is 34.2 Å². The number of rotatable bonds is 5. The van der Waals surface area contributed by atoms with Gasteiger partial charge in [-0.3, -0.25) is 5.10 Å². The number of fused-ring (bicyclic) bond motifs is 2. The minimum Gasteiger partial charge on any atom is -0.497 e. The van der Waals surface area contributed by atoms with Crippen molar-refractivity contribution in [3.63, 3.8) is 0 Å². The summed E-state index contributed by atoms with van der Waals surface area (Å²) in [5, 5.41) is 17.4. The van der Waals surface area contributed by atoms with Gasteiger partial charge in [0.05, 0.1) is 38.5 Å². The Morgan fingerprint density at radius 1 is 1.12 bits per heavy atom. The summed E-state index contributed by atoms with van der Waals surface area (Å²) < 4.78 is 33.6. The molecule has 168 valence electrons. The predicted octanol–water partition coefficient (Wildman–Crippen LogP) is 3.05. The first-order valence-corrected chi connectivity index (χ1v) is 9.96. The summed E-state index contributed by atoms with van der Waals surface area (Å²) in [5.74, 6) is 1.86. The van der Waals surface area contributed by atoms with E-state index in [9.17, 15) is 5.26 Å². The number of nitrogens with two attached hydrogens (primary N) is 1. The van der Waals surface area contributed by atoms with Crippen LogP contribution in [0.4, 0.5) is 0 Å². The zero-order valence-electron chi connectivity index (χ0n) is 18.1. The molecule has 0 unspecified atom stereocenters. The number of nitrogens with one attached hydrogen (secondary N) is 1. The molecule has 2 aliphatic rings. The highest BCUT2D eigenvalue weighted by Crippen LogP contribution is 2.55. The maximum Gasteiger partial charge on any atom is 0.244 e. The molecule has 1 aromatic heterocycles. The Bertz CT molecular complexity index is 1320. The van der Waals surface area contributed by atoms with Crippen molar-refractivity contribution < 1.29 is 28.4 Å². The molecule has 10 nitrogen and oxygen atoms in total. The average Bonchev–Trinajstić information content (AvgIpc) is 3.49. The molecule has 3 N–H and O–H groups in total. The molecule has 0 saturated carbocycles. The summed E-state index contributed by atoms with van der Waals surface area (Å²) in [7, 11) is 4.64. The third kappa shape index (κ3) is 3.05. The standard InChI is InChI=1S/C23H20N4O6/c1-28-12-6-4-5-11(7-12)18-17-16(14(9-24)22(25)33-23(17)27-26-18)13-8-15(29-2)20-21(19(13)30-3)32-10-31-20/h4-8,16H,10,25H2,1-3H3,(H,26,27)/t16-/m0/s1.